The molecule has 51 heavy (non-hydrogen) atoms. The third-order valence-corrected chi connectivity index (χ3v) is 12.1. The van der Waals surface area contributed by atoms with Crippen LogP contribution in [0.3, 0.4) is 0 Å². The summed E-state index contributed by atoms with van der Waals surface area (Å²) in [5.74, 6) is -2.01. The monoisotopic (exact) mass is 747 g/mol. The summed E-state index contributed by atoms with van der Waals surface area (Å²) in [6, 6.07) is 4.85. The third-order valence-electron chi connectivity index (χ3n) is 9.84. The van der Waals surface area contributed by atoms with E-state index in [1.807, 2.05) is 26.0 Å². The summed E-state index contributed by atoms with van der Waals surface area (Å²) in [4.78, 5) is 36.0. The summed E-state index contributed by atoms with van der Waals surface area (Å²) in [7, 11) is -3.63. The molecule has 5 rings (SSSR count). The average molecular weight is 748 g/mol. The van der Waals surface area contributed by atoms with Crippen LogP contribution in [0.1, 0.15) is 83.8 Å². The second-order valence-corrected chi connectivity index (χ2v) is 17.3. The Kier molecular flexibility index (Phi) is 12.2. The molecule has 1 aromatic carbocycles. The summed E-state index contributed by atoms with van der Waals surface area (Å²) in [5, 5.41) is 7.29. The van der Waals surface area contributed by atoms with Crippen LogP contribution in [0.15, 0.2) is 41.8 Å². The van der Waals surface area contributed by atoms with E-state index in [-0.39, 0.29) is 67.1 Å². The Labute approximate surface area is 303 Å². The molecule has 8 atom stereocenters. The van der Waals surface area contributed by atoms with Gasteiger partial charge in [0.25, 0.3) is 0 Å². The first-order valence-electron chi connectivity index (χ1n) is 17.4. The molecule has 3 saturated heterocycles. The quantitative estimate of drug-likeness (QED) is 0.167. The predicted octanol–water partition coefficient (Wildman–Crippen LogP) is 6.83. The molecule has 2 aromatic rings. The van der Waals surface area contributed by atoms with Gasteiger partial charge in [0.05, 0.1) is 36.0 Å². The highest BCUT2D eigenvalue weighted by molar-refractivity contribution is 7.89. The van der Waals surface area contributed by atoms with Gasteiger partial charge in [-0.05, 0) is 102 Å². The lowest BCUT2D eigenvalue weighted by molar-refractivity contribution is -0.119. The van der Waals surface area contributed by atoms with Crippen molar-refractivity contribution in [1.29, 1.82) is 0 Å². The number of ether oxygens (including phenoxy) is 2. The van der Waals surface area contributed by atoms with Crippen molar-refractivity contribution in [1.82, 2.24) is 14.2 Å². The van der Waals surface area contributed by atoms with Crippen molar-refractivity contribution in [2.75, 3.05) is 24.2 Å². The maximum absolute atomic E-state index is 15.6. The normalized spacial score (nSPS) is 27.3. The minimum absolute atomic E-state index is 0.0231. The van der Waals surface area contributed by atoms with E-state index < -0.39 is 51.4 Å². The zero-order chi connectivity index (χ0) is 37.1. The van der Waals surface area contributed by atoms with Gasteiger partial charge in [0.2, 0.25) is 15.9 Å². The number of anilines is 1. The van der Waals surface area contributed by atoms with Gasteiger partial charge in [0.1, 0.15) is 17.5 Å². The van der Waals surface area contributed by atoms with Crippen LogP contribution < -0.4 is 5.32 Å². The first kappa shape index (κ1) is 38.7. The molecule has 13 nitrogen and oxygen atoms in total. The number of rotatable bonds is 9. The Morgan fingerprint density at radius 1 is 1.18 bits per heavy atom. The van der Waals surface area contributed by atoms with Crippen LogP contribution in [0.5, 0.6) is 0 Å². The highest BCUT2D eigenvalue weighted by Gasteiger charge is 2.45. The van der Waals surface area contributed by atoms with Gasteiger partial charge in [-0.1, -0.05) is 28.8 Å². The lowest BCUT2D eigenvalue weighted by atomic mass is 9.74. The fraction of sp³-hybridized carbons (Fsp3) is 0.629. The predicted molar refractivity (Wildman–Crippen MR) is 191 cm³/mol. The second-order valence-electron chi connectivity index (χ2n) is 14.9. The molecule has 1 N–H and O–H groups in total. The summed E-state index contributed by atoms with van der Waals surface area (Å²) >= 11 is 6.19. The zero-order valence-electron chi connectivity index (χ0n) is 29.7. The Morgan fingerprint density at radius 2 is 1.86 bits per heavy atom. The number of piperazine rings is 1. The number of carbonyl (C=O) groups excluding carboxylic acids is 2. The van der Waals surface area contributed by atoms with Crippen LogP contribution in [-0.4, -0.2) is 89.4 Å². The number of halogens is 2. The molecule has 0 saturated carbocycles. The van der Waals surface area contributed by atoms with Crippen LogP contribution >= 0.6 is 11.6 Å². The van der Waals surface area contributed by atoms with E-state index >= 15 is 4.39 Å². The summed E-state index contributed by atoms with van der Waals surface area (Å²) in [6.45, 7) is 9.44. The van der Waals surface area contributed by atoms with E-state index in [4.69, 9.17) is 21.1 Å². The number of azide groups is 1. The fourth-order valence-corrected chi connectivity index (χ4v) is 9.66. The molecule has 3 aliphatic rings. The van der Waals surface area contributed by atoms with Crippen molar-refractivity contribution in [2.24, 2.45) is 11.0 Å². The molecule has 16 heteroatoms. The number of amides is 2. The molecular formula is C35H47ClFN7O6S. The van der Waals surface area contributed by atoms with E-state index in [0.717, 1.165) is 11.8 Å². The Balaban J connectivity index is 1.41. The Morgan fingerprint density at radius 3 is 2.51 bits per heavy atom. The van der Waals surface area contributed by atoms with Crippen LogP contribution in [-0.2, 0) is 30.7 Å². The van der Waals surface area contributed by atoms with Gasteiger partial charge in [0.15, 0.2) is 0 Å². The molecule has 0 aliphatic carbocycles. The molecule has 4 unspecified atom stereocenters. The minimum atomic E-state index is -3.63. The summed E-state index contributed by atoms with van der Waals surface area (Å²) in [5.41, 5.74) is 9.87. The third kappa shape index (κ3) is 9.50. The minimum Gasteiger partial charge on any atom is -0.444 e. The molecule has 278 valence electrons. The summed E-state index contributed by atoms with van der Waals surface area (Å²) in [6.07, 6.45) is 4.01. The number of nitrogens with zero attached hydrogens (tertiary/aromatic N) is 6. The van der Waals surface area contributed by atoms with Gasteiger partial charge < -0.3 is 19.7 Å². The van der Waals surface area contributed by atoms with Crippen molar-refractivity contribution in [3.8, 4) is 0 Å². The standard InChI is InChI=1S/C35H47ClFN7O6S/c1-21-15-24(16-22(2)49-21)31(23-8-10-25(36)11-9-23)32(41-42-38)33(45)40-30-18-39-17-29(37)28(30)13-12-27-19-43(34(46)50-35(3,4)5)26-7-6-14-51(47,48)44(27)20-26/h8-11,17-18,21-22,24,26-27,31-32H,6-7,12-16,19-20H2,1-5H3,(H,40,45)/t21-,22+,24?,26-,27+,31?,32?/m1/s1. The van der Waals surface area contributed by atoms with Crippen LogP contribution in [0.2, 0.25) is 5.02 Å². The number of sulfonamides is 1. The Hall–Kier alpha value is -3.49. The highest BCUT2D eigenvalue weighted by Crippen LogP contribution is 2.41. The molecule has 0 spiro atoms. The molecule has 0 radical (unpaired) electrons. The van der Waals surface area contributed by atoms with E-state index in [2.05, 4.69) is 20.3 Å². The first-order chi connectivity index (χ1) is 24.1. The maximum Gasteiger partial charge on any atom is 0.410 e. The molecule has 3 fully saturated rings. The average Bonchev–Trinajstić information content (AvgIpc) is 3.16. The molecule has 2 bridgehead atoms. The number of hydrogen-bond donors (Lipinski definition) is 1. The Bertz CT molecular complexity index is 1730. The van der Waals surface area contributed by atoms with Gasteiger partial charge in [0, 0.05) is 46.6 Å². The fourth-order valence-electron chi connectivity index (χ4n) is 7.74. The number of nitrogens with one attached hydrogen (secondary N) is 1. The van der Waals surface area contributed by atoms with Crippen molar-refractivity contribution in [2.45, 2.75) is 115 Å². The number of aromatic nitrogens is 1. The van der Waals surface area contributed by atoms with E-state index in [1.165, 1.54) is 10.5 Å². The van der Waals surface area contributed by atoms with E-state index in [9.17, 15) is 23.5 Å². The van der Waals surface area contributed by atoms with Gasteiger partial charge in [-0.3, -0.25) is 9.78 Å². The maximum atomic E-state index is 15.6. The number of hydrogen-bond acceptors (Lipinski definition) is 8. The van der Waals surface area contributed by atoms with Crippen LogP contribution in [0.4, 0.5) is 14.9 Å². The number of carbonyl (C=O) groups is 2. The van der Waals surface area contributed by atoms with Crippen molar-refractivity contribution in [3.63, 3.8) is 0 Å². The largest absolute Gasteiger partial charge is 0.444 e. The molecule has 2 amide bonds. The smallest absolute Gasteiger partial charge is 0.410 e. The lowest BCUT2D eigenvalue weighted by Gasteiger charge is -2.44. The molecule has 3 aliphatic heterocycles. The van der Waals surface area contributed by atoms with Crippen molar-refractivity contribution < 1.29 is 31.9 Å². The molecule has 4 heterocycles. The van der Waals surface area contributed by atoms with E-state index in [1.54, 1.807) is 37.8 Å². The van der Waals surface area contributed by atoms with Crippen molar-refractivity contribution in [3.05, 3.63) is 69.1 Å². The van der Waals surface area contributed by atoms with Crippen LogP contribution in [0, 0.1) is 11.7 Å². The lowest BCUT2D eigenvalue weighted by Crippen LogP contribution is -2.60. The SMILES string of the molecule is C[C@@H]1CC(C(c2ccc(Cl)cc2)C(N=[N+]=[N-])C(=O)Nc2cncc(F)c2CC[C@H]2CN(C(=O)OC(C)(C)C)[C@@H]3CCCS(=O)(=O)N2C3)C[C@H](C)O1. The second kappa shape index (κ2) is 16.0. The number of fused-ring (bicyclic) bond motifs is 2. The number of pyridine rings is 1. The molecular weight excluding hydrogens is 701 g/mol. The van der Waals surface area contributed by atoms with Gasteiger partial charge in [-0.15, -0.1) is 0 Å². The summed E-state index contributed by atoms with van der Waals surface area (Å²) < 4.78 is 55.3. The van der Waals surface area contributed by atoms with E-state index in [0.29, 0.717) is 30.7 Å². The van der Waals surface area contributed by atoms with Gasteiger partial charge >= 0.3 is 6.09 Å². The van der Waals surface area contributed by atoms with Gasteiger partial charge in [-0.2, -0.15) is 4.31 Å². The first-order valence-corrected chi connectivity index (χ1v) is 19.4. The van der Waals surface area contributed by atoms with Crippen LogP contribution in [0.25, 0.3) is 10.4 Å². The highest BCUT2D eigenvalue weighted by atomic mass is 35.5. The van der Waals surface area contributed by atoms with Crippen molar-refractivity contribution >= 4 is 39.3 Å². The topological polar surface area (TPSA) is 167 Å². The number of benzene rings is 1. The van der Waals surface area contributed by atoms with Gasteiger partial charge in [-0.25, -0.2) is 17.6 Å². The zero-order valence-corrected chi connectivity index (χ0v) is 31.2. The molecule has 1 aromatic heterocycles.